The fourth-order valence-electron chi connectivity index (χ4n) is 3.74. The predicted octanol–water partition coefficient (Wildman–Crippen LogP) is 1.64. The van der Waals surface area contributed by atoms with Crippen molar-refractivity contribution in [3.05, 3.63) is 29.3 Å². The first-order valence-electron chi connectivity index (χ1n) is 9.54. The van der Waals surface area contributed by atoms with E-state index in [1.165, 1.54) is 10.4 Å². The Morgan fingerprint density at radius 1 is 1.25 bits per heavy atom. The lowest BCUT2D eigenvalue weighted by atomic mass is 9.92. The number of hydrogen-bond donors (Lipinski definition) is 1. The highest BCUT2D eigenvalue weighted by molar-refractivity contribution is 7.89. The molecule has 9 heteroatoms. The molecule has 1 amide bonds. The summed E-state index contributed by atoms with van der Waals surface area (Å²) in [5.41, 5.74) is 7.08. The molecular formula is C19H30ClN3O4S. The second kappa shape index (κ2) is 9.54. The minimum Gasteiger partial charge on any atom is -0.379 e. The van der Waals surface area contributed by atoms with Crippen LogP contribution in [0.4, 0.5) is 0 Å². The third-order valence-corrected chi connectivity index (χ3v) is 7.55. The van der Waals surface area contributed by atoms with E-state index < -0.39 is 10.0 Å². The summed E-state index contributed by atoms with van der Waals surface area (Å²) in [5.74, 6) is 0.156. The summed E-state index contributed by atoms with van der Waals surface area (Å²) < 4.78 is 32.7. The Morgan fingerprint density at radius 2 is 1.93 bits per heavy atom. The topological polar surface area (TPSA) is 92.9 Å². The van der Waals surface area contributed by atoms with Crippen LogP contribution in [0.3, 0.4) is 0 Å². The fraction of sp³-hybridized carbons (Fsp3) is 0.632. The lowest BCUT2D eigenvalue weighted by molar-refractivity contribution is 0.0660. The van der Waals surface area contributed by atoms with E-state index in [1.54, 1.807) is 24.0 Å². The van der Waals surface area contributed by atoms with Crippen molar-refractivity contribution in [2.75, 3.05) is 39.4 Å². The van der Waals surface area contributed by atoms with Crippen molar-refractivity contribution in [2.45, 2.75) is 37.6 Å². The first kappa shape index (κ1) is 23.1. The molecule has 28 heavy (non-hydrogen) atoms. The van der Waals surface area contributed by atoms with Crippen LogP contribution in [-0.4, -0.2) is 69.0 Å². The predicted molar refractivity (Wildman–Crippen MR) is 110 cm³/mol. The van der Waals surface area contributed by atoms with E-state index >= 15 is 0 Å². The SMILES string of the molecule is Cc1ccc(C(=O)N2CCCC(C(C)N)C2)cc1S(=O)(=O)N1CCOCC1.Cl. The number of morpholine rings is 1. The highest BCUT2D eigenvalue weighted by atomic mass is 35.5. The number of nitrogens with zero attached hydrogens (tertiary/aromatic N) is 2. The number of likely N-dealkylation sites (tertiary alicyclic amines) is 1. The van der Waals surface area contributed by atoms with E-state index in [9.17, 15) is 13.2 Å². The zero-order chi connectivity index (χ0) is 19.6. The number of halogens is 1. The van der Waals surface area contributed by atoms with E-state index in [0.29, 0.717) is 50.5 Å². The van der Waals surface area contributed by atoms with Crippen LogP contribution in [0.25, 0.3) is 0 Å². The van der Waals surface area contributed by atoms with E-state index in [4.69, 9.17) is 10.5 Å². The number of amides is 1. The van der Waals surface area contributed by atoms with Crippen molar-refractivity contribution >= 4 is 28.3 Å². The quantitative estimate of drug-likeness (QED) is 0.782. The molecule has 1 aromatic rings. The van der Waals surface area contributed by atoms with Crippen LogP contribution >= 0.6 is 12.4 Å². The molecule has 2 aliphatic rings. The van der Waals surface area contributed by atoms with Crippen LogP contribution in [0.2, 0.25) is 0 Å². The molecule has 2 N–H and O–H groups in total. The lowest BCUT2D eigenvalue weighted by Gasteiger charge is -2.34. The number of ether oxygens (including phenoxy) is 1. The normalized spacial score (nSPS) is 22.4. The molecule has 158 valence electrons. The number of sulfonamides is 1. The van der Waals surface area contributed by atoms with Gasteiger partial charge in [0.2, 0.25) is 10.0 Å². The van der Waals surface area contributed by atoms with Gasteiger partial charge in [-0.15, -0.1) is 12.4 Å². The van der Waals surface area contributed by atoms with Gasteiger partial charge in [0.15, 0.2) is 0 Å². The number of rotatable bonds is 4. The molecule has 0 bridgehead atoms. The van der Waals surface area contributed by atoms with Crippen LogP contribution in [-0.2, 0) is 14.8 Å². The highest BCUT2D eigenvalue weighted by Gasteiger charge is 2.30. The maximum Gasteiger partial charge on any atom is 0.253 e. The highest BCUT2D eigenvalue weighted by Crippen LogP contribution is 2.25. The van der Waals surface area contributed by atoms with Gasteiger partial charge in [-0.25, -0.2) is 8.42 Å². The summed E-state index contributed by atoms with van der Waals surface area (Å²) in [5, 5.41) is 0. The smallest absolute Gasteiger partial charge is 0.253 e. The minimum absolute atomic E-state index is 0. The standard InChI is InChI=1S/C19H29N3O4S.ClH/c1-14-5-6-16(19(23)21-7-3-4-17(13-21)15(2)20)12-18(14)27(24,25)22-8-10-26-11-9-22;/h5-6,12,15,17H,3-4,7-11,13,20H2,1-2H3;1H. The van der Waals surface area contributed by atoms with Gasteiger partial charge in [0.05, 0.1) is 18.1 Å². The van der Waals surface area contributed by atoms with Crippen molar-refractivity contribution in [1.82, 2.24) is 9.21 Å². The Kier molecular flexibility index (Phi) is 7.87. The van der Waals surface area contributed by atoms with E-state index in [1.807, 2.05) is 6.92 Å². The van der Waals surface area contributed by atoms with Crippen LogP contribution < -0.4 is 5.73 Å². The van der Waals surface area contributed by atoms with Crippen molar-refractivity contribution in [2.24, 2.45) is 11.7 Å². The Hall–Kier alpha value is -1.19. The number of piperidine rings is 1. The van der Waals surface area contributed by atoms with E-state index in [2.05, 4.69) is 0 Å². The first-order chi connectivity index (χ1) is 12.8. The summed E-state index contributed by atoms with van der Waals surface area (Å²) >= 11 is 0. The molecule has 2 unspecified atom stereocenters. The third-order valence-electron chi connectivity index (χ3n) is 5.51. The monoisotopic (exact) mass is 431 g/mol. The molecule has 1 aromatic carbocycles. The molecule has 0 aliphatic carbocycles. The third kappa shape index (κ3) is 4.86. The summed E-state index contributed by atoms with van der Waals surface area (Å²) in [6.07, 6.45) is 1.94. The van der Waals surface area contributed by atoms with Crippen molar-refractivity contribution in [1.29, 1.82) is 0 Å². The van der Waals surface area contributed by atoms with Crippen LogP contribution in [0.1, 0.15) is 35.7 Å². The molecule has 3 rings (SSSR count). The molecule has 2 aliphatic heterocycles. The van der Waals surface area contributed by atoms with Crippen molar-refractivity contribution < 1.29 is 17.9 Å². The van der Waals surface area contributed by atoms with Crippen molar-refractivity contribution in [3.8, 4) is 0 Å². The molecule has 2 fully saturated rings. The first-order valence-corrected chi connectivity index (χ1v) is 11.0. The number of nitrogens with two attached hydrogens (primary N) is 1. The van der Waals surface area contributed by atoms with Gasteiger partial charge in [-0.1, -0.05) is 6.07 Å². The van der Waals surface area contributed by atoms with E-state index in [-0.39, 0.29) is 35.2 Å². The summed E-state index contributed by atoms with van der Waals surface area (Å²) in [4.78, 5) is 15.0. The Morgan fingerprint density at radius 3 is 2.57 bits per heavy atom. The largest absolute Gasteiger partial charge is 0.379 e. The minimum atomic E-state index is -3.64. The van der Waals surface area contributed by atoms with Gasteiger partial charge in [-0.2, -0.15) is 4.31 Å². The maximum absolute atomic E-state index is 13.0. The molecule has 0 aromatic heterocycles. The number of carbonyl (C=O) groups is 1. The molecule has 2 atom stereocenters. The molecule has 0 spiro atoms. The zero-order valence-corrected chi connectivity index (χ0v) is 18.1. The maximum atomic E-state index is 13.0. The van der Waals surface area contributed by atoms with E-state index in [0.717, 1.165) is 12.8 Å². The second-order valence-corrected chi connectivity index (χ2v) is 9.42. The number of hydrogen-bond acceptors (Lipinski definition) is 5. The molecule has 2 heterocycles. The Bertz CT molecular complexity index is 794. The van der Waals surface area contributed by atoms with Crippen molar-refractivity contribution in [3.63, 3.8) is 0 Å². The fourth-order valence-corrected chi connectivity index (χ4v) is 5.40. The second-order valence-electron chi connectivity index (χ2n) is 7.51. The Balaban J connectivity index is 0.00000280. The lowest BCUT2D eigenvalue weighted by Crippen LogP contribution is -2.45. The summed E-state index contributed by atoms with van der Waals surface area (Å²) in [7, 11) is -3.64. The van der Waals surface area contributed by atoms with Gasteiger partial charge in [0.1, 0.15) is 0 Å². The van der Waals surface area contributed by atoms with Gasteiger partial charge in [-0.3, -0.25) is 4.79 Å². The van der Waals surface area contributed by atoms with Gasteiger partial charge in [0, 0.05) is 37.8 Å². The average molecular weight is 432 g/mol. The molecule has 0 radical (unpaired) electrons. The van der Waals surface area contributed by atoms with Crippen LogP contribution in [0.5, 0.6) is 0 Å². The van der Waals surface area contributed by atoms with Gasteiger partial charge >= 0.3 is 0 Å². The van der Waals surface area contributed by atoms with Gasteiger partial charge < -0.3 is 15.4 Å². The molecule has 7 nitrogen and oxygen atoms in total. The van der Waals surface area contributed by atoms with Gasteiger partial charge in [-0.05, 0) is 50.3 Å². The van der Waals surface area contributed by atoms with Gasteiger partial charge in [0.25, 0.3) is 5.91 Å². The molecular weight excluding hydrogens is 402 g/mol. The zero-order valence-electron chi connectivity index (χ0n) is 16.5. The average Bonchev–Trinajstić information content (AvgIpc) is 2.68. The number of aryl methyl sites for hydroxylation is 1. The van der Waals surface area contributed by atoms with Crippen LogP contribution in [0.15, 0.2) is 23.1 Å². The number of benzene rings is 1. The molecule has 0 saturated carbocycles. The number of carbonyl (C=O) groups excluding carboxylic acids is 1. The summed E-state index contributed by atoms with van der Waals surface area (Å²) in [6, 6.07) is 4.99. The Labute approximate surface area is 173 Å². The van der Waals surface area contributed by atoms with Crippen LogP contribution in [0, 0.1) is 12.8 Å². The summed E-state index contributed by atoms with van der Waals surface area (Å²) in [6.45, 7) is 6.49. The molecule has 2 saturated heterocycles.